The fourth-order valence-corrected chi connectivity index (χ4v) is 7.00. The Morgan fingerprint density at radius 2 is 1.53 bits per heavy atom. The predicted molar refractivity (Wildman–Crippen MR) is 225 cm³/mol. The lowest BCUT2D eigenvalue weighted by molar-refractivity contribution is -0.112. The molecule has 0 saturated carbocycles. The second-order valence-corrected chi connectivity index (χ2v) is 14.5. The number of fused-ring (bicyclic) bond motifs is 1. The maximum atomic E-state index is 14.8. The van der Waals surface area contributed by atoms with Crippen molar-refractivity contribution in [3.63, 3.8) is 0 Å². The Balaban J connectivity index is 1.39. The molecule has 6 rings (SSSR count). The molecule has 2 heterocycles. The minimum absolute atomic E-state index is 0.00664. The number of unbranched alkanes of at least 4 members (excludes halogenated alkanes) is 2. The van der Waals surface area contributed by atoms with Crippen molar-refractivity contribution in [3.8, 4) is 5.69 Å². The Hall–Kier alpha value is -6.40. The van der Waals surface area contributed by atoms with E-state index in [9.17, 15) is 23.9 Å². The van der Waals surface area contributed by atoms with E-state index in [0.717, 1.165) is 36.8 Å². The van der Waals surface area contributed by atoms with Crippen LogP contribution in [0, 0.1) is 18.2 Å². The molecule has 0 radical (unpaired) electrons. The molecule has 1 aliphatic rings. The molecule has 4 N–H and O–H groups in total. The first-order chi connectivity index (χ1) is 28.1. The topological polar surface area (TPSA) is 144 Å². The van der Waals surface area contributed by atoms with Crippen LogP contribution in [0.5, 0.6) is 0 Å². The number of aliphatic hydroxyl groups excluding tert-OH is 1. The highest BCUT2D eigenvalue weighted by atomic mass is 19.1. The summed E-state index contributed by atoms with van der Waals surface area (Å²) in [5.74, 6) is -1.62. The Labute approximate surface area is 338 Å². The molecular weight excluding hydrogens is 734 g/mol. The number of halogens is 1. The summed E-state index contributed by atoms with van der Waals surface area (Å²) in [6.07, 6.45) is 5.49. The van der Waals surface area contributed by atoms with E-state index in [1.54, 1.807) is 58.1 Å². The maximum absolute atomic E-state index is 14.8. The molecule has 5 aromatic rings. The lowest BCUT2D eigenvalue weighted by atomic mass is 9.93. The fourth-order valence-electron chi connectivity index (χ4n) is 7.00. The standard InChI is InChI=1S/C46H50FN7O4/c1-4-6-23-52(24-7-5-2)46(58)42-25-31(3)54(51-42)43-22-21-37(27-39(43)45(57)53-29-34-16-12-11-15-33(34)26-38(53)30-55)50-44(56)41(49-36-19-17-35(47)18-20-36)28-40(48)32-13-9-8-10-14-32/h8-22,25,27-28,38,48-49,55H,4-7,23-24,26,29-30H2,1-3H3,(H,50,56)/b41-28-,48-40?/t38-/m0/s1. The van der Waals surface area contributed by atoms with E-state index in [4.69, 9.17) is 10.5 Å². The van der Waals surface area contributed by atoms with Crippen LogP contribution in [0.3, 0.4) is 0 Å². The molecule has 12 heteroatoms. The number of benzene rings is 4. The van der Waals surface area contributed by atoms with Gasteiger partial charge in [0.1, 0.15) is 11.5 Å². The molecule has 3 amide bonds. The van der Waals surface area contributed by atoms with Crippen molar-refractivity contribution in [2.24, 2.45) is 0 Å². The number of aryl methyl sites for hydroxylation is 1. The van der Waals surface area contributed by atoms with Gasteiger partial charge < -0.3 is 30.9 Å². The number of allylic oxidation sites excluding steroid dienone is 1. The van der Waals surface area contributed by atoms with Crippen LogP contribution in [0.1, 0.15) is 82.8 Å². The first-order valence-corrected chi connectivity index (χ1v) is 19.8. The second-order valence-electron chi connectivity index (χ2n) is 14.5. The number of aromatic nitrogens is 2. The number of hydrogen-bond donors (Lipinski definition) is 4. The van der Waals surface area contributed by atoms with E-state index < -0.39 is 17.8 Å². The number of carbonyl (C=O) groups is 3. The molecule has 0 bridgehead atoms. The van der Waals surface area contributed by atoms with Gasteiger partial charge in [0.05, 0.1) is 29.6 Å². The summed E-state index contributed by atoms with van der Waals surface area (Å²) >= 11 is 0. The van der Waals surface area contributed by atoms with Gasteiger partial charge >= 0.3 is 0 Å². The molecule has 1 aromatic heterocycles. The lowest BCUT2D eigenvalue weighted by Crippen LogP contribution is -2.46. The zero-order valence-electron chi connectivity index (χ0n) is 33.2. The second kappa shape index (κ2) is 19.2. The zero-order valence-corrected chi connectivity index (χ0v) is 33.2. The van der Waals surface area contributed by atoms with Crippen molar-refractivity contribution in [2.45, 2.75) is 65.5 Å². The summed E-state index contributed by atoms with van der Waals surface area (Å²) in [6, 6.07) is 28.4. The quantitative estimate of drug-likeness (QED) is 0.0592. The normalized spacial score (nSPS) is 13.8. The van der Waals surface area contributed by atoms with Crippen LogP contribution < -0.4 is 10.6 Å². The highest BCUT2D eigenvalue weighted by Gasteiger charge is 2.32. The van der Waals surface area contributed by atoms with Gasteiger partial charge in [0, 0.05) is 36.7 Å². The monoisotopic (exact) mass is 783 g/mol. The van der Waals surface area contributed by atoms with Crippen LogP contribution in [0.2, 0.25) is 0 Å². The Morgan fingerprint density at radius 1 is 0.879 bits per heavy atom. The van der Waals surface area contributed by atoms with E-state index in [2.05, 4.69) is 24.5 Å². The van der Waals surface area contributed by atoms with Crippen molar-refractivity contribution in [3.05, 3.63) is 154 Å². The van der Waals surface area contributed by atoms with Gasteiger partial charge in [-0.2, -0.15) is 5.10 Å². The molecule has 0 aliphatic carbocycles. The Bertz CT molecular complexity index is 2280. The number of anilines is 2. The predicted octanol–water partition coefficient (Wildman–Crippen LogP) is 7.92. The van der Waals surface area contributed by atoms with E-state index in [1.165, 1.54) is 30.3 Å². The average Bonchev–Trinajstić information content (AvgIpc) is 3.64. The van der Waals surface area contributed by atoms with Crippen LogP contribution in [0.4, 0.5) is 15.8 Å². The van der Waals surface area contributed by atoms with Crippen molar-refractivity contribution >= 4 is 34.8 Å². The number of carbonyl (C=O) groups excluding carboxylic acids is 3. The number of aliphatic hydroxyl groups is 1. The number of nitrogens with one attached hydrogen (secondary N) is 3. The summed E-state index contributed by atoms with van der Waals surface area (Å²) < 4.78 is 15.4. The van der Waals surface area contributed by atoms with Crippen LogP contribution >= 0.6 is 0 Å². The molecule has 300 valence electrons. The number of hydrogen-bond acceptors (Lipinski definition) is 7. The number of rotatable bonds is 16. The van der Waals surface area contributed by atoms with E-state index in [0.29, 0.717) is 42.1 Å². The highest BCUT2D eigenvalue weighted by Crippen LogP contribution is 2.29. The molecule has 0 unspecified atom stereocenters. The summed E-state index contributed by atoms with van der Waals surface area (Å²) in [5, 5.41) is 29.9. The summed E-state index contributed by atoms with van der Waals surface area (Å²) in [4.78, 5) is 46.2. The SMILES string of the molecule is CCCCN(CCCC)C(=O)c1cc(C)n(-c2ccc(NC(=O)/C(=C/C(=N)c3ccccc3)Nc3ccc(F)cc3)cc2C(=O)N2Cc3ccccc3C[C@H]2CO)n1. The van der Waals surface area contributed by atoms with Gasteiger partial charge in [-0.25, -0.2) is 9.07 Å². The minimum Gasteiger partial charge on any atom is -0.394 e. The molecule has 58 heavy (non-hydrogen) atoms. The van der Waals surface area contributed by atoms with Crippen LogP contribution in [-0.4, -0.2) is 73.9 Å². The van der Waals surface area contributed by atoms with Crippen molar-refractivity contribution < 1.29 is 23.9 Å². The molecule has 11 nitrogen and oxygen atoms in total. The molecule has 0 fully saturated rings. The summed E-state index contributed by atoms with van der Waals surface area (Å²) in [6.45, 7) is 7.24. The fraction of sp³-hybridized carbons (Fsp3) is 0.283. The maximum Gasteiger partial charge on any atom is 0.274 e. The first kappa shape index (κ1) is 41.2. The smallest absolute Gasteiger partial charge is 0.274 e. The number of amides is 3. The van der Waals surface area contributed by atoms with Crippen molar-refractivity contribution in [1.82, 2.24) is 19.6 Å². The van der Waals surface area contributed by atoms with Gasteiger partial charge in [-0.3, -0.25) is 14.4 Å². The first-order valence-electron chi connectivity index (χ1n) is 19.8. The van der Waals surface area contributed by atoms with Gasteiger partial charge in [-0.05, 0) is 97.5 Å². The third kappa shape index (κ3) is 9.75. The summed E-state index contributed by atoms with van der Waals surface area (Å²) in [5.41, 5.74) is 4.88. The van der Waals surface area contributed by atoms with Crippen LogP contribution in [-0.2, 0) is 17.8 Å². The molecule has 1 atom stereocenters. The van der Waals surface area contributed by atoms with Gasteiger partial charge in [-0.1, -0.05) is 81.3 Å². The third-order valence-corrected chi connectivity index (χ3v) is 10.2. The molecular formula is C46H50FN7O4. The summed E-state index contributed by atoms with van der Waals surface area (Å²) in [7, 11) is 0. The largest absolute Gasteiger partial charge is 0.394 e. The van der Waals surface area contributed by atoms with Gasteiger partial charge in [-0.15, -0.1) is 0 Å². The van der Waals surface area contributed by atoms with E-state index in [1.807, 2.05) is 42.2 Å². The minimum atomic E-state index is -0.612. The van der Waals surface area contributed by atoms with Crippen molar-refractivity contribution in [2.75, 3.05) is 30.3 Å². The molecule has 1 aliphatic heterocycles. The van der Waals surface area contributed by atoms with E-state index in [-0.39, 0.29) is 53.3 Å². The van der Waals surface area contributed by atoms with Gasteiger partial charge in [0.15, 0.2) is 5.69 Å². The van der Waals surface area contributed by atoms with Gasteiger partial charge in [0.25, 0.3) is 17.7 Å². The van der Waals surface area contributed by atoms with Crippen LogP contribution in [0.15, 0.2) is 115 Å². The van der Waals surface area contributed by atoms with E-state index >= 15 is 0 Å². The zero-order chi connectivity index (χ0) is 41.2. The number of nitrogens with zero attached hydrogens (tertiary/aromatic N) is 4. The molecule has 0 spiro atoms. The Morgan fingerprint density at radius 3 is 2.21 bits per heavy atom. The Kier molecular flexibility index (Phi) is 13.6. The lowest BCUT2D eigenvalue weighted by Gasteiger charge is -2.36. The average molecular weight is 784 g/mol. The van der Waals surface area contributed by atoms with Crippen molar-refractivity contribution in [1.29, 1.82) is 5.41 Å². The molecule has 0 saturated heterocycles. The third-order valence-electron chi connectivity index (χ3n) is 10.2. The van der Waals surface area contributed by atoms with Crippen LogP contribution in [0.25, 0.3) is 5.69 Å². The molecule has 4 aromatic carbocycles. The highest BCUT2D eigenvalue weighted by molar-refractivity contribution is 6.15. The van der Waals surface area contributed by atoms with Gasteiger partial charge in [0.2, 0.25) is 0 Å².